The van der Waals surface area contributed by atoms with Gasteiger partial charge < -0.3 is 10.2 Å². The first-order chi connectivity index (χ1) is 4.35. The Bertz CT molecular complexity index is 126. The number of rotatable bonds is 2. The van der Waals surface area contributed by atoms with Crippen molar-refractivity contribution in [2.24, 2.45) is 17.8 Å². The first-order valence-corrected chi connectivity index (χ1v) is 3.03. The van der Waals surface area contributed by atoms with E-state index in [0.717, 1.165) is 0 Å². The molecule has 9 heavy (non-hydrogen) atoms. The Kier molecular flexibility index (Phi) is 1.75. The van der Waals surface area contributed by atoms with Crippen molar-refractivity contribution < 1.29 is 10.2 Å². The SMILES string of the molecule is C#C[C@@H]1[C@@H](CO)[C@H]1CO. The van der Waals surface area contributed by atoms with Crippen LogP contribution >= 0.6 is 0 Å². The van der Waals surface area contributed by atoms with Gasteiger partial charge >= 0.3 is 0 Å². The minimum atomic E-state index is 0.111. The van der Waals surface area contributed by atoms with Gasteiger partial charge in [-0.25, -0.2) is 0 Å². The summed E-state index contributed by atoms with van der Waals surface area (Å²) in [4.78, 5) is 0. The van der Waals surface area contributed by atoms with Crippen LogP contribution in [0.3, 0.4) is 0 Å². The predicted molar refractivity (Wildman–Crippen MR) is 33.5 cm³/mol. The zero-order valence-electron chi connectivity index (χ0n) is 5.12. The number of aliphatic hydroxyl groups excluding tert-OH is 2. The van der Waals surface area contributed by atoms with Gasteiger partial charge in [-0.1, -0.05) is 0 Å². The zero-order chi connectivity index (χ0) is 6.85. The molecule has 0 saturated heterocycles. The van der Waals surface area contributed by atoms with Gasteiger partial charge in [-0.3, -0.25) is 0 Å². The van der Waals surface area contributed by atoms with Crippen LogP contribution in [-0.2, 0) is 0 Å². The van der Waals surface area contributed by atoms with Gasteiger partial charge in [-0.2, -0.15) is 0 Å². The first kappa shape index (κ1) is 6.60. The molecule has 0 amide bonds. The second-order valence-electron chi connectivity index (χ2n) is 2.39. The Morgan fingerprint density at radius 1 is 1.22 bits per heavy atom. The molecule has 1 aliphatic carbocycles. The third kappa shape index (κ3) is 0.937. The molecule has 50 valence electrons. The number of hydrogen-bond donors (Lipinski definition) is 2. The van der Waals surface area contributed by atoms with E-state index < -0.39 is 0 Å². The van der Waals surface area contributed by atoms with E-state index in [1.54, 1.807) is 0 Å². The van der Waals surface area contributed by atoms with E-state index in [2.05, 4.69) is 5.92 Å². The molecule has 0 aliphatic heterocycles. The number of aliphatic hydroxyl groups is 2. The highest BCUT2D eigenvalue weighted by Gasteiger charge is 2.47. The Hall–Kier alpha value is -0.520. The van der Waals surface area contributed by atoms with E-state index in [1.807, 2.05) is 0 Å². The highest BCUT2D eigenvalue weighted by atomic mass is 16.3. The van der Waals surface area contributed by atoms with Crippen LogP contribution < -0.4 is 0 Å². The fraction of sp³-hybridized carbons (Fsp3) is 0.714. The summed E-state index contributed by atoms with van der Waals surface area (Å²) in [6, 6.07) is 0. The van der Waals surface area contributed by atoms with E-state index in [9.17, 15) is 0 Å². The second kappa shape index (κ2) is 2.38. The molecule has 1 saturated carbocycles. The molecular weight excluding hydrogens is 116 g/mol. The molecule has 2 heteroatoms. The lowest BCUT2D eigenvalue weighted by molar-refractivity contribution is 0.232. The number of hydrogen-bond acceptors (Lipinski definition) is 2. The highest BCUT2D eigenvalue weighted by Crippen LogP contribution is 2.44. The zero-order valence-corrected chi connectivity index (χ0v) is 5.12. The number of terminal acetylenes is 1. The lowest BCUT2D eigenvalue weighted by Gasteiger charge is -1.84. The minimum Gasteiger partial charge on any atom is -0.396 e. The summed E-state index contributed by atoms with van der Waals surface area (Å²) < 4.78 is 0. The van der Waals surface area contributed by atoms with Crippen LogP contribution in [0.1, 0.15) is 0 Å². The van der Waals surface area contributed by atoms with Crippen molar-refractivity contribution in [3.05, 3.63) is 0 Å². The molecule has 3 atom stereocenters. The molecule has 0 aromatic heterocycles. The van der Waals surface area contributed by atoms with Gasteiger partial charge in [-0.05, 0) is 0 Å². The Morgan fingerprint density at radius 2 is 1.67 bits per heavy atom. The molecule has 0 aromatic rings. The molecule has 0 aromatic carbocycles. The molecule has 1 aliphatic rings. The van der Waals surface area contributed by atoms with Gasteiger partial charge in [0, 0.05) is 31.0 Å². The van der Waals surface area contributed by atoms with Gasteiger partial charge in [0.05, 0.1) is 0 Å². The normalized spacial score (nSPS) is 39.9. The molecular formula is C7H10O2. The minimum absolute atomic E-state index is 0.111. The third-order valence-corrected chi connectivity index (χ3v) is 1.95. The largest absolute Gasteiger partial charge is 0.396 e. The maximum atomic E-state index is 8.60. The summed E-state index contributed by atoms with van der Waals surface area (Å²) in [5.41, 5.74) is 0. The van der Waals surface area contributed by atoms with Crippen molar-refractivity contribution in [2.75, 3.05) is 13.2 Å². The summed E-state index contributed by atoms with van der Waals surface area (Å²) in [5, 5.41) is 17.2. The van der Waals surface area contributed by atoms with Crippen LogP contribution in [0.25, 0.3) is 0 Å². The lowest BCUT2D eigenvalue weighted by atomic mass is 10.3. The molecule has 0 heterocycles. The highest BCUT2D eigenvalue weighted by molar-refractivity contribution is 5.12. The first-order valence-electron chi connectivity index (χ1n) is 3.03. The molecule has 1 rings (SSSR count). The molecule has 1 fully saturated rings. The van der Waals surface area contributed by atoms with E-state index >= 15 is 0 Å². The Morgan fingerprint density at radius 3 is 1.78 bits per heavy atom. The molecule has 0 unspecified atom stereocenters. The Labute approximate surface area is 54.5 Å². The maximum absolute atomic E-state index is 8.60. The third-order valence-electron chi connectivity index (χ3n) is 1.95. The van der Waals surface area contributed by atoms with Gasteiger partial charge in [0.15, 0.2) is 0 Å². The molecule has 2 N–H and O–H groups in total. The van der Waals surface area contributed by atoms with Gasteiger partial charge in [0.2, 0.25) is 0 Å². The Balaban J connectivity index is 2.37. The summed E-state index contributed by atoms with van der Waals surface area (Å²) >= 11 is 0. The van der Waals surface area contributed by atoms with Crippen molar-refractivity contribution in [2.45, 2.75) is 0 Å². The van der Waals surface area contributed by atoms with Gasteiger partial charge in [-0.15, -0.1) is 12.3 Å². The van der Waals surface area contributed by atoms with Crippen molar-refractivity contribution in [3.63, 3.8) is 0 Å². The predicted octanol–water partition coefficient (Wildman–Crippen LogP) is -0.534. The second-order valence-corrected chi connectivity index (χ2v) is 2.39. The average molecular weight is 126 g/mol. The van der Waals surface area contributed by atoms with Crippen molar-refractivity contribution in [1.29, 1.82) is 0 Å². The maximum Gasteiger partial charge on any atom is 0.0475 e. The standard InChI is InChI=1S/C7H10O2/c1-2-5-6(3-8)7(5)4-9/h1,5-9H,3-4H2/t5-,6-,7+. The van der Waals surface area contributed by atoms with E-state index in [-0.39, 0.29) is 31.0 Å². The lowest BCUT2D eigenvalue weighted by Crippen LogP contribution is -1.91. The van der Waals surface area contributed by atoms with E-state index in [0.29, 0.717) is 0 Å². The van der Waals surface area contributed by atoms with Crippen molar-refractivity contribution in [1.82, 2.24) is 0 Å². The van der Waals surface area contributed by atoms with Crippen LogP contribution in [-0.4, -0.2) is 23.4 Å². The quantitative estimate of drug-likeness (QED) is 0.488. The van der Waals surface area contributed by atoms with Gasteiger partial charge in [0.25, 0.3) is 0 Å². The summed E-state index contributed by atoms with van der Waals surface area (Å²) in [6.07, 6.45) is 5.09. The monoisotopic (exact) mass is 126 g/mol. The molecule has 0 spiro atoms. The van der Waals surface area contributed by atoms with Crippen molar-refractivity contribution in [3.8, 4) is 12.3 Å². The van der Waals surface area contributed by atoms with Crippen LogP contribution in [0, 0.1) is 30.1 Å². The summed E-state index contributed by atoms with van der Waals surface area (Å²) in [7, 11) is 0. The fourth-order valence-electron chi connectivity index (χ4n) is 1.19. The topological polar surface area (TPSA) is 40.5 Å². The molecule has 2 nitrogen and oxygen atoms in total. The molecule has 0 bridgehead atoms. The van der Waals surface area contributed by atoms with Crippen LogP contribution in [0.2, 0.25) is 0 Å². The molecule has 0 radical (unpaired) electrons. The van der Waals surface area contributed by atoms with Gasteiger partial charge in [0.1, 0.15) is 0 Å². The summed E-state index contributed by atoms with van der Waals surface area (Å²) in [6.45, 7) is 0.222. The van der Waals surface area contributed by atoms with Crippen LogP contribution in [0.5, 0.6) is 0 Å². The fourth-order valence-corrected chi connectivity index (χ4v) is 1.19. The summed E-state index contributed by atoms with van der Waals surface area (Å²) in [5.74, 6) is 2.98. The van der Waals surface area contributed by atoms with Crippen LogP contribution in [0.4, 0.5) is 0 Å². The van der Waals surface area contributed by atoms with E-state index in [1.165, 1.54) is 0 Å². The average Bonchev–Trinajstić information content (AvgIpc) is 2.59. The van der Waals surface area contributed by atoms with E-state index in [4.69, 9.17) is 16.6 Å². The smallest absolute Gasteiger partial charge is 0.0475 e. The van der Waals surface area contributed by atoms with Crippen LogP contribution in [0.15, 0.2) is 0 Å². The van der Waals surface area contributed by atoms with Crippen molar-refractivity contribution >= 4 is 0 Å².